The Hall–Kier alpha value is -4.92. The molecular formula is C38H46ClN9O5. The minimum atomic E-state index is -0.992. The fourth-order valence-corrected chi connectivity index (χ4v) is 7.06. The van der Waals surface area contributed by atoms with E-state index in [9.17, 15) is 14.4 Å². The van der Waals surface area contributed by atoms with Crippen LogP contribution in [0.4, 0.5) is 16.3 Å². The maximum atomic E-state index is 14.2. The molecule has 2 fully saturated rings. The third-order valence-electron chi connectivity index (χ3n) is 9.52. The molecule has 15 heteroatoms. The number of carbonyl (C=O) groups excluding carboxylic acids is 3. The van der Waals surface area contributed by atoms with Crippen molar-refractivity contribution in [2.75, 3.05) is 42.6 Å². The number of morpholine rings is 1. The first-order valence-electron chi connectivity index (χ1n) is 18.0. The standard InChI is InChI=1S/C38H46ClN9O5/c1-38(2,3)53-37(51)42-23-25-6-10-28(11-7-25)35(49)48(29-14-12-27(13-15-29)33-43-45-46-44-33)36(50)31(40)22-24-4-8-26(9-5-24)30-16-17-41-34(32(30)39)47-18-20-52-21-19-47/h4-5,8-9,12-17,25,28,31H,6-7,10-11,18-23,40H2,1-3H3,(H,42,51)(H,43,44,45,46)/t25?,28?,31-/m0/s1. The molecule has 6 rings (SSSR count). The van der Waals surface area contributed by atoms with E-state index in [0.717, 1.165) is 48.4 Å². The molecule has 280 valence electrons. The van der Waals surface area contributed by atoms with Crippen LogP contribution in [0, 0.1) is 11.8 Å². The van der Waals surface area contributed by atoms with Crippen molar-refractivity contribution in [3.05, 3.63) is 71.4 Å². The number of carbonyl (C=O) groups is 3. The summed E-state index contributed by atoms with van der Waals surface area (Å²) < 4.78 is 10.8. The molecule has 2 aromatic heterocycles. The number of tetrazole rings is 1. The molecule has 0 unspecified atom stereocenters. The van der Waals surface area contributed by atoms with E-state index in [0.29, 0.717) is 54.7 Å². The predicted molar refractivity (Wildman–Crippen MR) is 201 cm³/mol. The van der Waals surface area contributed by atoms with Crippen molar-refractivity contribution in [1.29, 1.82) is 0 Å². The summed E-state index contributed by atoms with van der Waals surface area (Å²) in [6.45, 7) is 8.61. The summed E-state index contributed by atoms with van der Waals surface area (Å²) >= 11 is 6.84. The van der Waals surface area contributed by atoms with Gasteiger partial charge in [0.05, 0.1) is 30.0 Å². The number of H-pyrrole nitrogens is 1. The molecule has 53 heavy (non-hydrogen) atoms. The first kappa shape index (κ1) is 37.8. The summed E-state index contributed by atoms with van der Waals surface area (Å²) in [5, 5.41) is 17.5. The summed E-state index contributed by atoms with van der Waals surface area (Å²) in [5.74, 6) is 0.146. The van der Waals surface area contributed by atoms with Gasteiger partial charge in [0.15, 0.2) is 0 Å². The van der Waals surface area contributed by atoms with Crippen molar-refractivity contribution >= 4 is 41.0 Å². The van der Waals surface area contributed by atoms with Gasteiger partial charge in [-0.2, -0.15) is 5.21 Å². The molecule has 1 aliphatic carbocycles. The number of amides is 3. The van der Waals surface area contributed by atoms with Gasteiger partial charge in [0, 0.05) is 42.9 Å². The van der Waals surface area contributed by atoms with Gasteiger partial charge in [0.2, 0.25) is 11.7 Å². The Labute approximate surface area is 313 Å². The maximum absolute atomic E-state index is 14.2. The number of aromatic amines is 1. The number of alkyl carbamates (subject to hydrolysis) is 1. The number of nitrogens with one attached hydrogen (secondary N) is 2. The minimum Gasteiger partial charge on any atom is -0.444 e. The molecule has 1 atom stereocenters. The molecule has 4 aromatic rings. The fourth-order valence-electron chi connectivity index (χ4n) is 6.72. The molecule has 1 aliphatic heterocycles. The minimum absolute atomic E-state index is 0.197. The lowest BCUT2D eigenvalue weighted by Crippen LogP contribution is -2.50. The monoisotopic (exact) mass is 743 g/mol. The number of hydrogen-bond donors (Lipinski definition) is 3. The predicted octanol–water partition coefficient (Wildman–Crippen LogP) is 5.18. The molecule has 4 N–H and O–H groups in total. The zero-order valence-corrected chi connectivity index (χ0v) is 31.0. The first-order valence-corrected chi connectivity index (χ1v) is 18.4. The number of aromatic nitrogens is 5. The average molecular weight is 744 g/mol. The highest BCUT2D eigenvalue weighted by Gasteiger charge is 2.35. The van der Waals surface area contributed by atoms with Crippen LogP contribution >= 0.6 is 11.6 Å². The number of imide groups is 1. The van der Waals surface area contributed by atoms with Crippen LogP contribution in [0.3, 0.4) is 0 Å². The van der Waals surface area contributed by atoms with E-state index < -0.39 is 23.6 Å². The summed E-state index contributed by atoms with van der Waals surface area (Å²) in [5.41, 5.74) is 9.70. The van der Waals surface area contributed by atoms with Gasteiger partial charge in [-0.05, 0) is 105 Å². The number of halogens is 1. The molecular weight excluding hydrogens is 698 g/mol. The van der Waals surface area contributed by atoms with Crippen LogP contribution in [-0.2, 0) is 25.5 Å². The highest BCUT2D eigenvalue weighted by Crippen LogP contribution is 2.35. The Bertz CT molecular complexity index is 1850. The van der Waals surface area contributed by atoms with Gasteiger partial charge in [-0.1, -0.05) is 35.9 Å². The Morgan fingerprint density at radius 3 is 2.34 bits per heavy atom. The van der Waals surface area contributed by atoms with Crippen molar-refractivity contribution in [2.24, 2.45) is 17.6 Å². The summed E-state index contributed by atoms with van der Waals surface area (Å²) in [6.07, 6.45) is 4.10. The largest absolute Gasteiger partial charge is 0.444 e. The van der Waals surface area contributed by atoms with Crippen LogP contribution in [0.15, 0.2) is 60.8 Å². The van der Waals surface area contributed by atoms with Gasteiger partial charge in [0.1, 0.15) is 11.4 Å². The van der Waals surface area contributed by atoms with Gasteiger partial charge in [-0.3, -0.25) is 9.59 Å². The second-order valence-electron chi connectivity index (χ2n) is 14.5. The topological polar surface area (TPSA) is 182 Å². The molecule has 1 saturated carbocycles. The lowest BCUT2D eigenvalue weighted by molar-refractivity contribution is -0.130. The number of hydrogen-bond acceptors (Lipinski definition) is 11. The SMILES string of the molecule is CC(C)(C)OC(=O)NCC1CCC(C(=O)N(C(=O)[C@@H](N)Cc2ccc(-c3ccnc(N4CCOCC4)c3Cl)cc2)c2ccc(-c3nn[nH]n3)cc2)CC1. The average Bonchev–Trinajstić information content (AvgIpc) is 3.70. The number of anilines is 2. The molecule has 2 aromatic carbocycles. The number of nitrogens with two attached hydrogens (primary N) is 1. The number of rotatable bonds is 10. The highest BCUT2D eigenvalue weighted by atomic mass is 35.5. The third-order valence-corrected chi connectivity index (χ3v) is 9.89. The molecule has 14 nitrogen and oxygen atoms in total. The molecule has 3 amide bonds. The van der Waals surface area contributed by atoms with E-state index in [-0.39, 0.29) is 24.2 Å². The van der Waals surface area contributed by atoms with E-state index in [1.165, 1.54) is 4.90 Å². The van der Waals surface area contributed by atoms with E-state index in [1.54, 1.807) is 30.5 Å². The Morgan fingerprint density at radius 1 is 1.02 bits per heavy atom. The molecule has 0 bridgehead atoms. The van der Waals surface area contributed by atoms with E-state index in [1.807, 2.05) is 51.1 Å². The molecule has 0 spiro atoms. The highest BCUT2D eigenvalue weighted by molar-refractivity contribution is 6.35. The first-order chi connectivity index (χ1) is 25.5. The zero-order chi connectivity index (χ0) is 37.5. The quantitative estimate of drug-likeness (QED) is 0.195. The van der Waals surface area contributed by atoms with Crippen LogP contribution in [0.5, 0.6) is 0 Å². The van der Waals surface area contributed by atoms with Crippen molar-refractivity contribution in [2.45, 2.75) is 64.5 Å². The van der Waals surface area contributed by atoms with Crippen molar-refractivity contribution in [3.8, 4) is 22.5 Å². The van der Waals surface area contributed by atoms with Crippen molar-refractivity contribution in [3.63, 3.8) is 0 Å². The van der Waals surface area contributed by atoms with Crippen LogP contribution in [0.25, 0.3) is 22.5 Å². The van der Waals surface area contributed by atoms with Crippen LogP contribution in [0.2, 0.25) is 5.02 Å². The van der Waals surface area contributed by atoms with E-state index in [2.05, 4.69) is 35.8 Å². The second-order valence-corrected chi connectivity index (χ2v) is 14.9. The van der Waals surface area contributed by atoms with Gasteiger partial charge in [-0.25, -0.2) is 14.7 Å². The maximum Gasteiger partial charge on any atom is 0.407 e. The van der Waals surface area contributed by atoms with Gasteiger partial charge in [-0.15, -0.1) is 10.2 Å². The van der Waals surface area contributed by atoms with Crippen LogP contribution < -0.4 is 20.9 Å². The molecule has 1 saturated heterocycles. The fraction of sp³-hybridized carbons (Fsp3) is 0.447. The van der Waals surface area contributed by atoms with E-state index in [4.69, 9.17) is 26.8 Å². The van der Waals surface area contributed by atoms with E-state index >= 15 is 0 Å². The number of pyridine rings is 1. The number of nitrogens with zero attached hydrogens (tertiary/aromatic N) is 6. The van der Waals surface area contributed by atoms with Crippen molar-refractivity contribution < 1.29 is 23.9 Å². The molecule has 2 aliphatic rings. The second kappa shape index (κ2) is 16.8. The lowest BCUT2D eigenvalue weighted by Gasteiger charge is -2.32. The Kier molecular flexibility index (Phi) is 12.0. The Balaban J connectivity index is 1.14. The number of benzene rings is 2. The van der Waals surface area contributed by atoms with Crippen LogP contribution in [-0.4, -0.2) is 88.0 Å². The summed E-state index contributed by atoms with van der Waals surface area (Å²) in [6, 6.07) is 15.5. The van der Waals surface area contributed by atoms with Gasteiger partial charge in [0.25, 0.3) is 5.91 Å². The summed E-state index contributed by atoms with van der Waals surface area (Å²) in [7, 11) is 0. The van der Waals surface area contributed by atoms with Gasteiger partial charge >= 0.3 is 6.09 Å². The third kappa shape index (κ3) is 9.55. The number of ether oxygens (including phenoxy) is 2. The summed E-state index contributed by atoms with van der Waals surface area (Å²) in [4.78, 5) is 48.4. The molecule has 3 heterocycles. The molecule has 0 radical (unpaired) electrons. The lowest BCUT2D eigenvalue weighted by atomic mass is 9.81. The zero-order valence-electron chi connectivity index (χ0n) is 30.3. The van der Waals surface area contributed by atoms with Crippen LogP contribution in [0.1, 0.15) is 52.0 Å². The van der Waals surface area contributed by atoms with Gasteiger partial charge < -0.3 is 25.4 Å². The normalized spacial score (nSPS) is 18.2. The smallest absolute Gasteiger partial charge is 0.407 e. The van der Waals surface area contributed by atoms with Crippen molar-refractivity contribution in [1.82, 2.24) is 30.9 Å². The Morgan fingerprint density at radius 2 is 1.70 bits per heavy atom.